The second-order valence-corrected chi connectivity index (χ2v) is 26.3. The normalized spacial score (nSPS) is 13.9. The Morgan fingerprint density at radius 2 is 0.648 bits per heavy atom. The summed E-state index contributed by atoms with van der Waals surface area (Å²) in [5.74, 6) is -0.839. The summed E-state index contributed by atoms with van der Waals surface area (Å²) in [6.07, 6.45) is 98.1. The van der Waals surface area contributed by atoms with Gasteiger partial charge in [0.05, 0.1) is 27.7 Å². The van der Waals surface area contributed by atoms with Gasteiger partial charge < -0.3 is 27.9 Å². The van der Waals surface area contributed by atoms with E-state index in [1.807, 2.05) is 21.1 Å². The van der Waals surface area contributed by atoms with Gasteiger partial charge in [0.15, 0.2) is 6.10 Å². The number of rotatable bonds is 65. The molecule has 0 saturated carbocycles. The number of esters is 2. The summed E-state index contributed by atoms with van der Waals surface area (Å²) in [5.41, 5.74) is 0. The van der Waals surface area contributed by atoms with Gasteiger partial charge in [-0.3, -0.25) is 14.2 Å². The van der Waals surface area contributed by atoms with Crippen LogP contribution in [0.2, 0.25) is 0 Å². The summed E-state index contributed by atoms with van der Waals surface area (Å²) >= 11 is 0. The van der Waals surface area contributed by atoms with Gasteiger partial charge >= 0.3 is 11.9 Å². The van der Waals surface area contributed by atoms with Gasteiger partial charge in [-0.05, 0) is 116 Å². The van der Waals surface area contributed by atoms with E-state index >= 15 is 0 Å². The molecule has 2 atom stereocenters. The number of hydrogen-bond acceptors (Lipinski definition) is 8. The molecule has 0 amide bonds. The van der Waals surface area contributed by atoms with Gasteiger partial charge in [0.25, 0.3) is 7.82 Å². The van der Waals surface area contributed by atoms with Crippen LogP contribution in [0.4, 0.5) is 0 Å². The lowest BCUT2D eigenvalue weighted by atomic mass is 10.0. The predicted molar refractivity (Wildman–Crippen MR) is 378 cm³/mol. The van der Waals surface area contributed by atoms with Crippen molar-refractivity contribution >= 4 is 19.8 Å². The Morgan fingerprint density at radius 3 is 0.966 bits per heavy atom. The number of phosphoric acid groups is 1. The number of quaternary nitrogens is 1. The standard InChI is InChI=1S/C78H134NO8P/c1-6-8-10-12-14-16-18-20-22-24-26-28-30-32-34-36-37-38-39-40-41-43-45-47-49-51-53-55-57-59-61-63-65-67-69-71-78(81)87-76(75-86-88(82,83)85-73-72-79(3,4)5)74-84-77(80)70-68-66-64-62-60-58-56-54-52-50-48-46-44-42-35-33-31-29-27-25-23-21-19-17-15-13-11-9-7-2/h8,10,14,16,19-22,25-28,31-34,37-38,40-41,45,47,76H,6-7,9,11-13,15,17-18,23-24,29-30,35-36,39,42-44,46,48-75H2,1-5H3/b10-8-,16-14-,21-19-,22-20-,27-25-,28-26-,33-31-,34-32-,38-37-,41-40-,47-45-. The Kier molecular flexibility index (Phi) is 64.6. The van der Waals surface area contributed by atoms with Crippen molar-refractivity contribution in [1.82, 2.24) is 0 Å². The first kappa shape index (κ1) is 84.2. The molecule has 0 aliphatic rings. The molecule has 0 N–H and O–H groups in total. The molecule has 0 rings (SSSR count). The van der Waals surface area contributed by atoms with E-state index in [0.29, 0.717) is 17.4 Å². The molecule has 9 nitrogen and oxygen atoms in total. The molecule has 10 heteroatoms. The summed E-state index contributed by atoms with van der Waals surface area (Å²) in [7, 11) is 1.15. The van der Waals surface area contributed by atoms with E-state index in [2.05, 4.69) is 148 Å². The molecule has 2 unspecified atom stereocenters. The number of phosphoric ester groups is 1. The fraction of sp³-hybridized carbons (Fsp3) is 0.692. The van der Waals surface area contributed by atoms with E-state index in [0.717, 1.165) is 109 Å². The zero-order valence-corrected chi connectivity index (χ0v) is 58.3. The first-order chi connectivity index (χ1) is 43.0. The van der Waals surface area contributed by atoms with Gasteiger partial charge in [0.1, 0.15) is 19.8 Å². The van der Waals surface area contributed by atoms with Crippen molar-refractivity contribution in [3.8, 4) is 0 Å². The molecule has 0 heterocycles. The van der Waals surface area contributed by atoms with E-state index in [9.17, 15) is 19.0 Å². The third-order valence-corrected chi connectivity index (χ3v) is 16.1. The van der Waals surface area contributed by atoms with Crippen LogP contribution in [0.25, 0.3) is 0 Å². The average molecular weight is 1240 g/mol. The third kappa shape index (κ3) is 71.2. The Hall–Kier alpha value is -3.85. The van der Waals surface area contributed by atoms with Crippen LogP contribution >= 0.6 is 7.82 Å². The number of carbonyl (C=O) groups is 2. The topological polar surface area (TPSA) is 111 Å². The smallest absolute Gasteiger partial charge is 0.306 e. The highest BCUT2D eigenvalue weighted by atomic mass is 31.2. The minimum absolute atomic E-state index is 0.0372. The van der Waals surface area contributed by atoms with Crippen LogP contribution in [0.5, 0.6) is 0 Å². The molecule has 0 aromatic heterocycles. The molecule has 0 aliphatic carbocycles. The van der Waals surface area contributed by atoms with Crippen molar-refractivity contribution in [2.45, 2.75) is 302 Å². The van der Waals surface area contributed by atoms with Gasteiger partial charge in [-0.25, -0.2) is 0 Å². The van der Waals surface area contributed by atoms with E-state index in [4.69, 9.17) is 18.5 Å². The Labute approximate surface area is 542 Å². The van der Waals surface area contributed by atoms with E-state index in [1.165, 1.54) is 154 Å². The van der Waals surface area contributed by atoms with Gasteiger partial charge in [-0.1, -0.05) is 302 Å². The summed E-state index contributed by atoms with van der Waals surface area (Å²) in [4.78, 5) is 38.1. The number of likely N-dealkylation sites (N-methyl/N-ethyl adjacent to an activating group) is 1. The summed E-state index contributed by atoms with van der Waals surface area (Å²) < 4.78 is 34.3. The first-order valence-electron chi connectivity index (χ1n) is 35.9. The number of hydrogen-bond donors (Lipinski definition) is 0. The molecule has 0 bridgehead atoms. The highest BCUT2D eigenvalue weighted by Gasteiger charge is 2.22. The molecular formula is C78H134NO8P. The van der Waals surface area contributed by atoms with Gasteiger partial charge in [0.2, 0.25) is 0 Å². The Morgan fingerprint density at radius 1 is 0.364 bits per heavy atom. The second-order valence-electron chi connectivity index (χ2n) is 24.9. The van der Waals surface area contributed by atoms with E-state index in [1.54, 1.807) is 0 Å². The van der Waals surface area contributed by atoms with Gasteiger partial charge in [-0.15, -0.1) is 0 Å². The maximum atomic E-state index is 12.9. The molecule has 0 fully saturated rings. The summed E-state index contributed by atoms with van der Waals surface area (Å²) in [6, 6.07) is 0. The van der Waals surface area contributed by atoms with Crippen LogP contribution in [0.15, 0.2) is 134 Å². The second kappa shape index (κ2) is 67.5. The molecular weight excluding hydrogens is 1110 g/mol. The monoisotopic (exact) mass is 1240 g/mol. The zero-order chi connectivity index (χ0) is 64.1. The van der Waals surface area contributed by atoms with Crippen molar-refractivity contribution in [3.05, 3.63) is 134 Å². The van der Waals surface area contributed by atoms with Gasteiger partial charge in [0, 0.05) is 12.8 Å². The molecule has 0 aliphatic heterocycles. The van der Waals surface area contributed by atoms with Crippen molar-refractivity contribution < 1.29 is 42.1 Å². The highest BCUT2D eigenvalue weighted by molar-refractivity contribution is 7.45. The zero-order valence-electron chi connectivity index (χ0n) is 57.4. The number of carbonyl (C=O) groups excluding carboxylic acids is 2. The lowest BCUT2D eigenvalue weighted by Crippen LogP contribution is -2.37. The molecule has 0 radical (unpaired) electrons. The minimum Gasteiger partial charge on any atom is -0.756 e. The van der Waals surface area contributed by atoms with Crippen LogP contribution in [0, 0.1) is 0 Å². The molecule has 504 valence electrons. The number of allylic oxidation sites excluding steroid dienone is 22. The lowest BCUT2D eigenvalue weighted by molar-refractivity contribution is -0.870. The minimum atomic E-state index is -4.65. The van der Waals surface area contributed by atoms with Gasteiger partial charge in [-0.2, -0.15) is 0 Å². The van der Waals surface area contributed by atoms with Crippen molar-refractivity contribution in [2.75, 3.05) is 47.5 Å². The fourth-order valence-electron chi connectivity index (χ4n) is 9.68. The fourth-order valence-corrected chi connectivity index (χ4v) is 10.4. The number of unbranched alkanes of at least 4 members (excludes halogenated alkanes) is 29. The lowest BCUT2D eigenvalue weighted by Gasteiger charge is -2.28. The molecule has 0 spiro atoms. The largest absolute Gasteiger partial charge is 0.756 e. The summed E-state index contributed by atoms with van der Waals surface area (Å²) in [6.45, 7) is 4.12. The molecule has 0 aromatic carbocycles. The average Bonchev–Trinajstić information content (AvgIpc) is 3.57. The van der Waals surface area contributed by atoms with Crippen molar-refractivity contribution in [3.63, 3.8) is 0 Å². The van der Waals surface area contributed by atoms with Crippen LogP contribution in [0.1, 0.15) is 296 Å². The maximum absolute atomic E-state index is 12.9. The van der Waals surface area contributed by atoms with Crippen molar-refractivity contribution in [2.24, 2.45) is 0 Å². The summed E-state index contributed by atoms with van der Waals surface area (Å²) in [5, 5.41) is 0. The van der Waals surface area contributed by atoms with Crippen LogP contribution in [-0.4, -0.2) is 70.0 Å². The van der Waals surface area contributed by atoms with E-state index < -0.39 is 26.5 Å². The third-order valence-electron chi connectivity index (χ3n) is 15.2. The predicted octanol–water partition coefficient (Wildman–Crippen LogP) is 23.0. The Bertz CT molecular complexity index is 1950. The van der Waals surface area contributed by atoms with E-state index in [-0.39, 0.29) is 32.0 Å². The van der Waals surface area contributed by atoms with Crippen molar-refractivity contribution in [1.29, 1.82) is 0 Å². The molecule has 88 heavy (non-hydrogen) atoms. The highest BCUT2D eigenvalue weighted by Crippen LogP contribution is 2.38. The first-order valence-corrected chi connectivity index (χ1v) is 37.4. The quantitative estimate of drug-likeness (QED) is 0.0195. The van der Waals surface area contributed by atoms with Crippen LogP contribution in [0.3, 0.4) is 0 Å². The molecule has 0 aromatic rings. The Balaban J connectivity index is 4.09. The maximum Gasteiger partial charge on any atom is 0.306 e. The number of ether oxygens (including phenoxy) is 2. The number of nitrogens with zero attached hydrogens (tertiary/aromatic N) is 1. The molecule has 0 saturated heterocycles. The van der Waals surface area contributed by atoms with Crippen LogP contribution < -0.4 is 4.89 Å². The SMILES string of the molecule is CC/C=C\C/C=C\C/C=C\C/C=C\C/C=C\C/C=C\C/C=C\C/C=C\CCCCCCCCCCCCC(=O)OC(COC(=O)CCCCCCCCCCCCCCCC/C=C\C/C=C\C/C=C\CCCCCCC)COP(=O)([O-])OCC[N+](C)(C)C. The van der Waals surface area contributed by atoms with Crippen LogP contribution in [-0.2, 0) is 32.7 Å².